The fourth-order valence-corrected chi connectivity index (χ4v) is 2.32. The molecule has 0 bridgehead atoms. The Morgan fingerprint density at radius 2 is 1.92 bits per heavy atom. The maximum atomic E-state index is 13.7. The third kappa shape index (κ3) is 4.47. The van der Waals surface area contributed by atoms with Gasteiger partial charge in [0, 0.05) is 0 Å². The van der Waals surface area contributed by atoms with Crippen LogP contribution in [-0.4, -0.2) is 19.6 Å². The Morgan fingerprint density at radius 3 is 2.58 bits per heavy atom. The highest BCUT2D eigenvalue weighted by Crippen LogP contribution is 2.22. The van der Waals surface area contributed by atoms with E-state index in [0.717, 1.165) is 11.1 Å². The minimum absolute atomic E-state index is 0.0900. The molecule has 0 saturated carbocycles. The summed E-state index contributed by atoms with van der Waals surface area (Å²) >= 11 is 0. The Morgan fingerprint density at radius 1 is 1.17 bits per heavy atom. The van der Waals surface area contributed by atoms with Crippen LogP contribution in [0.1, 0.15) is 29.7 Å². The van der Waals surface area contributed by atoms with Gasteiger partial charge in [0.1, 0.15) is 5.75 Å². The topological polar surface area (TPSA) is 47.6 Å². The summed E-state index contributed by atoms with van der Waals surface area (Å²) in [5, 5.41) is 2.79. The van der Waals surface area contributed by atoms with E-state index < -0.39 is 5.82 Å². The van der Waals surface area contributed by atoms with Gasteiger partial charge in [0.2, 0.25) is 0 Å². The van der Waals surface area contributed by atoms with Crippen LogP contribution in [0.3, 0.4) is 0 Å². The molecule has 2 rings (SSSR count). The number of ether oxygens (including phenoxy) is 2. The summed E-state index contributed by atoms with van der Waals surface area (Å²) in [6.45, 7) is 5.59. The first kappa shape index (κ1) is 17.8. The van der Waals surface area contributed by atoms with Crippen LogP contribution in [0.5, 0.6) is 11.5 Å². The molecular weight excluding hydrogens is 309 g/mol. The summed E-state index contributed by atoms with van der Waals surface area (Å²) in [6.07, 6.45) is 0. The van der Waals surface area contributed by atoms with Crippen molar-refractivity contribution in [3.63, 3.8) is 0 Å². The van der Waals surface area contributed by atoms with E-state index >= 15 is 0 Å². The number of rotatable bonds is 6. The molecule has 0 aliphatic carbocycles. The van der Waals surface area contributed by atoms with Crippen molar-refractivity contribution in [2.24, 2.45) is 0 Å². The predicted molar refractivity (Wildman–Crippen MR) is 90.9 cm³/mol. The van der Waals surface area contributed by atoms with Crippen molar-refractivity contribution in [1.82, 2.24) is 5.32 Å². The van der Waals surface area contributed by atoms with Gasteiger partial charge in [-0.3, -0.25) is 4.79 Å². The lowest BCUT2D eigenvalue weighted by molar-refractivity contribution is -0.123. The first-order chi connectivity index (χ1) is 11.4. The second kappa shape index (κ2) is 7.81. The lowest BCUT2D eigenvalue weighted by Crippen LogP contribution is -2.31. The summed E-state index contributed by atoms with van der Waals surface area (Å²) in [5.74, 6) is 0.145. The van der Waals surface area contributed by atoms with Crippen LogP contribution in [0, 0.1) is 19.7 Å². The first-order valence-corrected chi connectivity index (χ1v) is 7.73. The fraction of sp³-hybridized carbons (Fsp3) is 0.316. The molecule has 0 spiro atoms. The van der Waals surface area contributed by atoms with Crippen molar-refractivity contribution in [2.75, 3.05) is 13.7 Å². The zero-order chi connectivity index (χ0) is 17.7. The van der Waals surface area contributed by atoms with Crippen molar-refractivity contribution < 1.29 is 18.7 Å². The maximum Gasteiger partial charge on any atom is 0.258 e. The van der Waals surface area contributed by atoms with Crippen molar-refractivity contribution in [2.45, 2.75) is 26.8 Å². The molecule has 2 aromatic rings. The lowest BCUT2D eigenvalue weighted by atomic mass is 10.1. The Bertz CT molecular complexity index is 731. The zero-order valence-corrected chi connectivity index (χ0v) is 14.4. The second-order valence-electron chi connectivity index (χ2n) is 5.74. The summed E-state index contributed by atoms with van der Waals surface area (Å²) in [5.41, 5.74) is 2.70. The SMILES string of the molecule is COc1ccc(C(C)NC(=O)COc2cc(C)ccc2C)cc1F. The molecule has 1 N–H and O–H groups in total. The summed E-state index contributed by atoms with van der Waals surface area (Å²) in [7, 11) is 1.41. The molecule has 128 valence electrons. The van der Waals surface area contributed by atoms with Crippen molar-refractivity contribution >= 4 is 5.91 Å². The van der Waals surface area contributed by atoms with E-state index in [1.165, 1.54) is 13.2 Å². The van der Waals surface area contributed by atoms with Gasteiger partial charge in [-0.2, -0.15) is 0 Å². The molecule has 0 heterocycles. The van der Waals surface area contributed by atoms with Crippen LogP contribution in [0.25, 0.3) is 0 Å². The largest absolute Gasteiger partial charge is 0.494 e. The second-order valence-corrected chi connectivity index (χ2v) is 5.74. The number of methoxy groups -OCH3 is 1. The number of hydrogen-bond donors (Lipinski definition) is 1. The van der Waals surface area contributed by atoms with Crippen LogP contribution < -0.4 is 14.8 Å². The predicted octanol–water partition coefficient (Wildman–Crippen LogP) is 3.71. The minimum Gasteiger partial charge on any atom is -0.494 e. The monoisotopic (exact) mass is 331 g/mol. The molecule has 1 atom stereocenters. The fourth-order valence-electron chi connectivity index (χ4n) is 2.32. The third-order valence-electron chi connectivity index (χ3n) is 3.76. The van der Waals surface area contributed by atoms with Gasteiger partial charge >= 0.3 is 0 Å². The van der Waals surface area contributed by atoms with Crippen molar-refractivity contribution in [3.05, 3.63) is 58.9 Å². The highest BCUT2D eigenvalue weighted by molar-refractivity contribution is 5.78. The maximum absolute atomic E-state index is 13.7. The highest BCUT2D eigenvalue weighted by Gasteiger charge is 2.13. The first-order valence-electron chi connectivity index (χ1n) is 7.73. The molecule has 0 aliphatic heterocycles. The summed E-state index contributed by atoms with van der Waals surface area (Å²) in [4.78, 5) is 12.0. The van der Waals surface area contributed by atoms with E-state index in [0.29, 0.717) is 11.3 Å². The average molecular weight is 331 g/mol. The molecule has 0 radical (unpaired) electrons. The van der Waals surface area contributed by atoms with E-state index in [1.54, 1.807) is 19.1 Å². The summed E-state index contributed by atoms with van der Waals surface area (Å²) in [6, 6.07) is 10.1. The Kier molecular flexibility index (Phi) is 5.79. The van der Waals surface area contributed by atoms with Gasteiger partial charge < -0.3 is 14.8 Å². The summed E-state index contributed by atoms with van der Waals surface area (Å²) < 4.78 is 24.2. The minimum atomic E-state index is -0.456. The van der Waals surface area contributed by atoms with Crippen LogP contribution in [0.2, 0.25) is 0 Å². The highest BCUT2D eigenvalue weighted by atomic mass is 19.1. The van der Waals surface area contributed by atoms with Gasteiger partial charge in [-0.15, -0.1) is 0 Å². The Labute approximate surface area is 141 Å². The molecule has 24 heavy (non-hydrogen) atoms. The van der Waals surface area contributed by atoms with Crippen LogP contribution in [-0.2, 0) is 4.79 Å². The van der Waals surface area contributed by atoms with Crippen LogP contribution in [0.15, 0.2) is 36.4 Å². The Balaban J connectivity index is 1.94. The van der Waals surface area contributed by atoms with Gasteiger partial charge in [0.15, 0.2) is 18.2 Å². The standard InChI is InChI=1S/C19H22FNO3/c1-12-5-6-13(2)18(9-12)24-11-19(22)21-14(3)15-7-8-17(23-4)16(20)10-15/h5-10,14H,11H2,1-4H3,(H,21,22). The third-order valence-corrected chi connectivity index (χ3v) is 3.76. The van der Waals surface area contributed by atoms with Gasteiger partial charge in [-0.05, 0) is 55.7 Å². The number of amides is 1. The van der Waals surface area contributed by atoms with E-state index in [-0.39, 0.29) is 24.3 Å². The molecule has 0 fully saturated rings. The number of nitrogens with one attached hydrogen (secondary N) is 1. The smallest absolute Gasteiger partial charge is 0.258 e. The number of halogens is 1. The van der Waals surface area contributed by atoms with Gasteiger partial charge in [0.05, 0.1) is 13.2 Å². The molecule has 0 aliphatic rings. The molecule has 0 aromatic heterocycles. The number of benzene rings is 2. The molecular formula is C19H22FNO3. The van der Waals surface area contributed by atoms with Crippen molar-refractivity contribution in [1.29, 1.82) is 0 Å². The number of aryl methyl sites for hydroxylation is 2. The van der Waals surface area contributed by atoms with E-state index in [1.807, 2.05) is 32.0 Å². The molecule has 5 heteroatoms. The zero-order valence-electron chi connectivity index (χ0n) is 14.4. The normalized spacial score (nSPS) is 11.7. The number of carbonyl (C=O) groups is 1. The van der Waals surface area contributed by atoms with Crippen LogP contribution in [0.4, 0.5) is 4.39 Å². The Hall–Kier alpha value is -2.56. The van der Waals surface area contributed by atoms with E-state index in [2.05, 4.69) is 5.32 Å². The molecule has 1 amide bonds. The van der Waals surface area contributed by atoms with Gasteiger partial charge in [-0.1, -0.05) is 18.2 Å². The molecule has 0 saturated heterocycles. The van der Waals surface area contributed by atoms with E-state index in [9.17, 15) is 9.18 Å². The molecule has 4 nitrogen and oxygen atoms in total. The molecule has 2 aromatic carbocycles. The van der Waals surface area contributed by atoms with Gasteiger partial charge in [0.25, 0.3) is 5.91 Å². The van der Waals surface area contributed by atoms with Crippen LogP contribution >= 0.6 is 0 Å². The van der Waals surface area contributed by atoms with Gasteiger partial charge in [-0.25, -0.2) is 4.39 Å². The van der Waals surface area contributed by atoms with E-state index in [4.69, 9.17) is 9.47 Å². The molecule has 1 unspecified atom stereocenters. The lowest BCUT2D eigenvalue weighted by Gasteiger charge is -2.16. The quantitative estimate of drug-likeness (QED) is 0.878. The number of carbonyl (C=O) groups excluding carboxylic acids is 1. The van der Waals surface area contributed by atoms with Crippen molar-refractivity contribution in [3.8, 4) is 11.5 Å². The average Bonchev–Trinajstić information content (AvgIpc) is 2.55. The number of hydrogen-bond acceptors (Lipinski definition) is 3.